The van der Waals surface area contributed by atoms with Crippen LogP contribution in [0.4, 0.5) is 0 Å². The van der Waals surface area contributed by atoms with Gasteiger partial charge < -0.3 is 30.3 Å². The number of Topliss-reactive ketones (excluding diaryl/α,β-unsaturated/α-hetero) is 4. The third-order valence-corrected chi connectivity index (χ3v) is 5.01. The van der Waals surface area contributed by atoms with Crippen molar-refractivity contribution in [3.8, 4) is 0 Å². The molecule has 0 aromatic rings. The zero-order valence-electron chi connectivity index (χ0n) is 16.7. The highest BCUT2D eigenvalue weighted by Gasteiger charge is 2.87. The van der Waals surface area contributed by atoms with Crippen LogP contribution in [0.3, 0.4) is 0 Å². The van der Waals surface area contributed by atoms with Gasteiger partial charge in [0, 0.05) is 5.48 Å². The first-order valence-electron chi connectivity index (χ1n) is 9.22. The minimum absolute atomic E-state index is 1.35. The lowest BCUT2D eigenvalue weighted by Gasteiger charge is -2.62. The summed E-state index contributed by atoms with van der Waals surface area (Å²) in [4.78, 5) is 49.9. The smallest absolute Gasteiger partial charge is 0.266 e. The number of hydrogen-bond acceptors (Lipinski definition) is 10. The summed E-state index contributed by atoms with van der Waals surface area (Å²) in [7, 11) is 0. The highest BCUT2D eigenvalue weighted by Crippen LogP contribution is 2.56. The minimum Gasteiger partial charge on any atom is -0.393 e. The fourth-order valence-electron chi connectivity index (χ4n) is 2.85. The maximum atomic E-state index is 12.6. The van der Waals surface area contributed by atoms with Crippen molar-refractivity contribution in [1.82, 2.24) is 0 Å². The molecule has 0 saturated carbocycles. The van der Waals surface area contributed by atoms with E-state index in [0.717, 1.165) is 0 Å². The first-order valence-corrected chi connectivity index (χ1v) is 7.19. The van der Waals surface area contributed by atoms with Crippen molar-refractivity contribution < 1.29 is 54.9 Å². The largest absolute Gasteiger partial charge is 0.393 e. The molecule has 25 heavy (non-hydrogen) atoms. The van der Waals surface area contributed by atoms with Crippen molar-refractivity contribution in [2.45, 2.75) is 54.7 Å². The van der Waals surface area contributed by atoms with E-state index >= 15 is 0 Å². The van der Waals surface area contributed by atoms with Crippen LogP contribution in [-0.4, -0.2) is 82.4 Å². The van der Waals surface area contributed by atoms with Crippen molar-refractivity contribution in [3.63, 3.8) is 0 Å². The number of ether oxygens (including phenoxy) is 1. The summed E-state index contributed by atoms with van der Waals surface area (Å²) in [6.07, 6.45) is 0. The average molecular weight is 431 g/mol. The molecule has 1 saturated heterocycles. The van der Waals surface area contributed by atoms with Gasteiger partial charge in [-0.3, -0.25) is 19.2 Å². The van der Waals surface area contributed by atoms with Crippen LogP contribution in [0.5, 0.6) is 0 Å². The molecule has 0 spiro atoms. The second kappa shape index (κ2) is 5.98. The van der Waals surface area contributed by atoms with E-state index in [2.05, 4.69) is 15.9 Å². The number of carbonyl (C=O) groups excluding carboxylic acids is 4. The van der Waals surface area contributed by atoms with Gasteiger partial charge in [0.1, 0.15) is 0 Å². The molecule has 0 aliphatic carbocycles. The van der Waals surface area contributed by atoms with Gasteiger partial charge in [-0.2, -0.15) is 0 Å². The van der Waals surface area contributed by atoms with E-state index in [1.165, 1.54) is 0 Å². The number of alkyl halides is 1. The molecule has 0 aromatic carbocycles. The van der Waals surface area contributed by atoms with Crippen LogP contribution >= 0.6 is 15.9 Å². The van der Waals surface area contributed by atoms with Crippen LogP contribution < -0.4 is 0 Å². The van der Waals surface area contributed by atoms with Crippen molar-refractivity contribution >= 4 is 39.1 Å². The average Bonchev–Trinajstić information content (AvgIpc) is 2.71. The van der Waals surface area contributed by atoms with E-state index in [0.29, 0.717) is 0 Å². The van der Waals surface area contributed by atoms with Crippen LogP contribution in [0, 0.1) is 0 Å². The Labute approximate surface area is 156 Å². The lowest BCUT2D eigenvalue weighted by molar-refractivity contribution is -0.391. The van der Waals surface area contributed by atoms with E-state index in [1.54, 1.807) is 0 Å². The molecule has 1 aliphatic rings. The Balaban J connectivity index is 4.30. The molecule has 1 rings (SSSR count). The van der Waals surface area contributed by atoms with Gasteiger partial charge in [-0.15, -0.1) is 0 Å². The van der Waals surface area contributed by atoms with Gasteiger partial charge in [0.2, 0.25) is 16.8 Å². The molecule has 1 aliphatic heterocycles. The molecule has 0 radical (unpaired) electrons. The SMILES string of the molecule is [2H]CC(=O)[C@]1(O)[C@@](O)(C(=O)C[2H])[C@](O)(C(=O)C[2H])C(O)(Br)O[C@@]1(CO)C(=O)C[2H]. The number of aliphatic hydroxyl groups is 5. The van der Waals surface area contributed by atoms with Gasteiger partial charge in [0.05, 0.1) is 6.61 Å². The van der Waals surface area contributed by atoms with E-state index < -0.39 is 84.4 Å². The predicted octanol–water partition coefficient (Wildman–Crippen LogP) is -2.66. The monoisotopic (exact) mass is 430 g/mol. The molecule has 1 heterocycles. The first kappa shape index (κ1) is 16.1. The normalized spacial score (nSPS) is 46.3. The van der Waals surface area contributed by atoms with Crippen LogP contribution in [0.25, 0.3) is 0 Å². The van der Waals surface area contributed by atoms with Crippen LogP contribution in [0.1, 0.15) is 33.1 Å². The molecular weight excluding hydrogens is 408 g/mol. The molecule has 0 aromatic heterocycles. The van der Waals surface area contributed by atoms with Gasteiger partial charge in [-0.05, 0) is 43.5 Å². The minimum atomic E-state index is -4.25. The lowest BCUT2D eigenvalue weighted by Crippen LogP contribution is -2.92. The molecule has 5 N–H and O–H groups in total. The number of rotatable bonds is 5. The maximum absolute atomic E-state index is 12.6. The van der Waals surface area contributed by atoms with Crippen molar-refractivity contribution in [1.29, 1.82) is 0 Å². The van der Waals surface area contributed by atoms with Crippen LogP contribution in [0.2, 0.25) is 0 Å². The standard InChI is InChI=1S/C14H19BrO10/c1-6(17)10(5-16)11(21,7(2)18)12(22,8(3)19)13(23,9(4)20)14(15,24)25-10/h16,21-24H,5H2,1-4H3/t10-,11+,12-,13+,14?/m0/s1/i1D,2D,3D,4D. The van der Waals surface area contributed by atoms with Gasteiger partial charge in [0.15, 0.2) is 28.7 Å². The molecule has 10 nitrogen and oxygen atoms in total. The van der Waals surface area contributed by atoms with Crippen molar-refractivity contribution in [2.24, 2.45) is 0 Å². The Morgan fingerprint density at radius 2 is 1.24 bits per heavy atom. The molecular formula is C14H19BrO10. The summed E-state index contributed by atoms with van der Waals surface area (Å²) in [5, 5.41) is 53.6. The number of halogens is 1. The molecule has 1 unspecified atom stereocenters. The van der Waals surface area contributed by atoms with Gasteiger partial charge in [0.25, 0.3) is 4.70 Å². The second-order valence-corrected chi connectivity index (χ2v) is 6.55. The fraction of sp³-hybridized carbons (Fsp3) is 0.714. The third-order valence-electron chi connectivity index (χ3n) is 4.27. The zero-order chi connectivity index (χ0) is 23.1. The number of ketones is 4. The molecule has 11 heteroatoms. The summed E-state index contributed by atoms with van der Waals surface area (Å²) >= 11 is 2.28. The van der Waals surface area contributed by atoms with Gasteiger partial charge in [-0.25, -0.2) is 0 Å². The summed E-state index contributed by atoms with van der Waals surface area (Å²) in [6.45, 7) is -7.60. The number of hydrogen-bond donors (Lipinski definition) is 5. The zero-order valence-corrected chi connectivity index (χ0v) is 14.3. The summed E-state index contributed by atoms with van der Waals surface area (Å²) in [5.74, 6) is -7.47. The van der Waals surface area contributed by atoms with E-state index in [4.69, 9.17) is 10.2 Å². The molecule has 142 valence electrons. The summed E-state index contributed by atoms with van der Waals surface area (Å²) in [5.41, 5.74) is -15.9. The Hall–Kier alpha value is -1.08. The number of carbonyl (C=O) groups is 4. The Morgan fingerprint density at radius 1 is 0.840 bits per heavy atom. The lowest BCUT2D eigenvalue weighted by atomic mass is 9.56. The summed E-state index contributed by atoms with van der Waals surface area (Å²) in [6, 6.07) is 0. The maximum Gasteiger partial charge on any atom is 0.266 e. The van der Waals surface area contributed by atoms with Crippen LogP contribution in [-0.2, 0) is 23.9 Å². The highest BCUT2D eigenvalue weighted by atomic mass is 79.9. The Morgan fingerprint density at radius 3 is 1.64 bits per heavy atom. The van der Waals surface area contributed by atoms with E-state index in [9.17, 15) is 44.7 Å². The molecule has 0 amide bonds. The van der Waals surface area contributed by atoms with E-state index in [1.807, 2.05) is 0 Å². The Bertz CT molecular complexity index is 735. The number of aliphatic hydroxyl groups excluding tert-OH is 1. The van der Waals surface area contributed by atoms with Gasteiger partial charge >= 0.3 is 0 Å². The summed E-state index contributed by atoms with van der Waals surface area (Å²) < 4.78 is 29.9. The van der Waals surface area contributed by atoms with Crippen molar-refractivity contribution in [3.05, 3.63) is 0 Å². The molecule has 5 atom stereocenters. The quantitative estimate of drug-likeness (QED) is 0.289. The van der Waals surface area contributed by atoms with Crippen LogP contribution in [0.15, 0.2) is 0 Å². The molecule has 0 bridgehead atoms. The third kappa shape index (κ3) is 2.17. The fourth-order valence-corrected chi connectivity index (χ4v) is 3.64. The predicted molar refractivity (Wildman–Crippen MR) is 82.4 cm³/mol. The van der Waals surface area contributed by atoms with Crippen molar-refractivity contribution in [2.75, 3.05) is 6.61 Å². The molecule has 1 fully saturated rings. The van der Waals surface area contributed by atoms with E-state index in [-0.39, 0.29) is 0 Å². The first-order chi connectivity index (χ1) is 13.2. The Kier molecular flexibility index (Phi) is 3.85. The highest BCUT2D eigenvalue weighted by molar-refractivity contribution is 9.10. The topological polar surface area (TPSA) is 179 Å². The second-order valence-electron chi connectivity index (χ2n) is 5.47. The van der Waals surface area contributed by atoms with Gasteiger partial charge in [-0.1, -0.05) is 0 Å².